The summed E-state index contributed by atoms with van der Waals surface area (Å²) in [4.78, 5) is 26.5. The summed E-state index contributed by atoms with van der Waals surface area (Å²) in [6.07, 6.45) is 1.18. The van der Waals surface area contributed by atoms with Gasteiger partial charge in [0.2, 0.25) is 0 Å². The lowest BCUT2D eigenvalue weighted by Crippen LogP contribution is -2.44. The molecule has 6 heteroatoms. The third-order valence-corrected chi connectivity index (χ3v) is 3.37. The molecule has 1 aliphatic rings. The molecule has 0 spiro atoms. The molecular weight excluding hydrogens is 258 g/mol. The molecule has 0 aromatic rings. The van der Waals surface area contributed by atoms with E-state index in [1.807, 2.05) is 13.8 Å². The Kier molecular flexibility index (Phi) is 6.29. The predicted molar refractivity (Wildman–Crippen MR) is 74.0 cm³/mol. The van der Waals surface area contributed by atoms with E-state index in [1.54, 1.807) is 9.80 Å². The molecule has 1 fully saturated rings. The minimum atomic E-state index is -0.812. The Bertz CT molecular complexity index is 390. The molecule has 1 N–H and O–H groups in total. The Hall–Kier alpha value is -1.77. The summed E-state index contributed by atoms with van der Waals surface area (Å²) in [6.45, 7) is 6.24. The van der Waals surface area contributed by atoms with Crippen LogP contribution < -0.4 is 0 Å². The number of likely N-dealkylation sites (tertiary alicyclic amines) is 1. The van der Waals surface area contributed by atoms with E-state index < -0.39 is 5.97 Å². The van der Waals surface area contributed by atoms with Crippen LogP contribution in [-0.2, 0) is 4.79 Å². The van der Waals surface area contributed by atoms with Crippen LogP contribution in [-0.4, -0.2) is 53.1 Å². The zero-order chi connectivity index (χ0) is 15.1. The third-order valence-electron chi connectivity index (χ3n) is 3.37. The van der Waals surface area contributed by atoms with Gasteiger partial charge in [-0.3, -0.25) is 4.79 Å². The standard InChI is InChI=1S/C14H23N3O3/c1-11(2)9-16(6-3-5-15)14(20)17-7-4-12(10-17)8-13(18)19/h11-12H,3-4,6-10H2,1-2H3,(H,18,19). The van der Waals surface area contributed by atoms with Crippen molar-refractivity contribution in [2.75, 3.05) is 26.2 Å². The van der Waals surface area contributed by atoms with Crippen molar-refractivity contribution >= 4 is 12.0 Å². The second-order valence-electron chi connectivity index (χ2n) is 5.73. The van der Waals surface area contributed by atoms with Crippen LogP contribution in [0.1, 0.15) is 33.1 Å². The molecule has 0 aliphatic carbocycles. The number of hydrogen-bond acceptors (Lipinski definition) is 3. The third kappa shape index (κ3) is 5.08. The molecule has 0 aromatic heterocycles. The van der Waals surface area contributed by atoms with Gasteiger partial charge in [-0.15, -0.1) is 0 Å². The molecule has 1 heterocycles. The summed E-state index contributed by atoms with van der Waals surface area (Å²) in [6, 6.07) is 1.99. The first-order valence-corrected chi connectivity index (χ1v) is 7.06. The molecule has 0 radical (unpaired) electrons. The topological polar surface area (TPSA) is 84.6 Å². The van der Waals surface area contributed by atoms with Crippen LogP contribution in [0.2, 0.25) is 0 Å². The highest BCUT2D eigenvalue weighted by atomic mass is 16.4. The normalized spacial score (nSPS) is 18.1. The number of nitriles is 1. The van der Waals surface area contributed by atoms with Crippen molar-refractivity contribution in [2.45, 2.75) is 33.1 Å². The molecule has 0 saturated carbocycles. The lowest BCUT2D eigenvalue weighted by Gasteiger charge is -2.29. The highest BCUT2D eigenvalue weighted by Gasteiger charge is 2.30. The smallest absolute Gasteiger partial charge is 0.320 e. The van der Waals surface area contributed by atoms with Gasteiger partial charge in [0.15, 0.2) is 0 Å². The van der Waals surface area contributed by atoms with Crippen LogP contribution in [0, 0.1) is 23.2 Å². The van der Waals surface area contributed by atoms with Gasteiger partial charge in [-0.1, -0.05) is 13.8 Å². The largest absolute Gasteiger partial charge is 0.481 e. The van der Waals surface area contributed by atoms with Gasteiger partial charge in [-0.2, -0.15) is 5.26 Å². The molecule has 6 nitrogen and oxygen atoms in total. The fraction of sp³-hybridized carbons (Fsp3) is 0.786. The van der Waals surface area contributed by atoms with E-state index >= 15 is 0 Å². The number of nitrogens with zero attached hydrogens (tertiary/aromatic N) is 3. The minimum absolute atomic E-state index is 0.0494. The fourth-order valence-corrected chi connectivity index (χ4v) is 2.51. The van der Waals surface area contributed by atoms with Crippen LogP contribution in [0.25, 0.3) is 0 Å². The Morgan fingerprint density at radius 2 is 2.20 bits per heavy atom. The van der Waals surface area contributed by atoms with E-state index in [0.29, 0.717) is 38.5 Å². The summed E-state index contributed by atoms with van der Waals surface area (Å²) in [5.41, 5.74) is 0. The van der Waals surface area contributed by atoms with Gasteiger partial charge in [0.1, 0.15) is 0 Å². The van der Waals surface area contributed by atoms with Crippen molar-refractivity contribution in [1.82, 2.24) is 9.80 Å². The molecule has 112 valence electrons. The molecule has 0 aromatic carbocycles. The first-order chi connectivity index (χ1) is 9.43. The predicted octanol–water partition coefficient (Wildman–Crippen LogP) is 1.77. The van der Waals surface area contributed by atoms with Crippen molar-refractivity contribution in [3.8, 4) is 6.07 Å². The SMILES string of the molecule is CC(C)CN(CCC#N)C(=O)N1CCC(CC(=O)O)C1. The van der Waals surface area contributed by atoms with Gasteiger partial charge in [-0.05, 0) is 18.3 Å². The van der Waals surface area contributed by atoms with Crippen molar-refractivity contribution < 1.29 is 14.7 Å². The van der Waals surface area contributed by atoms with Crippen molar-refractivity contribution in [3.05, 3.63) is 0 Å². The van der Waals surface area contributed by atoms with E-state index in [1.165, 1.54) is 0 Å². The Morgan fingerprint density at radius 3 is 2.75 bits per heavy atom. The van der Waals surface area contributed by atoms with Crippen LogP contribution in [0.5, 0.6) is 0 Å². The van der Waals surface area contributed by atoms with Gasteiger partial charge >= 0.3 is 12.0 Å². The number of carbonyl (C=O) groups excluding carboxylic acids is 1. The molecule has 0 bridgehead atoms. The zero-order valence-electron chi connectivity index (χ0n) is 12.2. The number of rotatable bonds is 6. The minimum Gasteiger partial charge on any atom is -0.481 e. The van der Waals surface area contributed by atoms with Gasteiger partial charge in [0, 0.05) is 32.6 Å². The molecule has 1 aliphatic heterocycles. The molecule has 1 rings (SSSR count). The van der Waals surface area contributed by atoms with E-state index in [2.05, 4.69) is 6.07 Å². The number of aliphatic carboxylic acids is 1. The van der Waals surface area contributed by atoms with E-state index in [0.717, 1.165) is 6.42 Å². The average Bonchev–Trinajstić information content (AvgIpc) is 2.80. The summed E-state index contributed by atoms with van der Waals surface area (Å²) in [5.74, 6) is -0.420. The highest BCUT2D eigenvalue weighted by molar-refractivity contribution is 5.75. The maximum atomic E-state index is 12.4. The Balaban J connectivity index is 2.57. The molecule has 1 saturated heterocycles. The molecular formula is C14H23N3O3. The molecule has 1 unspecified atom stereocenters. The quantitative estimate of drug-likeness (QED) is 0.804. The van der Waals surface area contributed by atoms with Crippen molar-refractivity contribution in [2.24, 2.45) is 11.8 Å². The zero-order valence-corrected chi connectivity index (χ0v) is 12.2. The van der Waals surface area contributed by atoms with Crippen LogP contribution in [0.3, 0.4) is 0 Å². The van der Waals surface area contributed by atoms with E-state index in [9.17, 15) is 9.59 Å². The number of carbonyl (C=O) groups is 2. The summed E-state index contributed by atoms with van der Waals surface area (Å²) < 4.78 is 0. The van der Waals surface area contributed by atoms with E-state index in [4.69, 9.17) is 10.4 Å². The number of carboxylic acid groups (broad SMARTS) is 1. The number of carboxylic acids is 1. The van der Waals surface area contributed by atoms with Gasteiger partial charge < -0.3 is 14.9 Å². The lowest BCUT2D eigenvalue weighted by atomic mass is 10.1. The first kappa shape index (κ1) is 16.3. The maximum Gasteiger partial charge on any atom is 0.320 e. The Morgan fingerprint density at radius 1 is 1.50 bits per heavy atom. The Labute approximate surface area is 120 Å². The van der Waals surface area contributed by atoms with E-state index in [-0.39, 0.29) is 18.4 Å². The number of amides is 2. The summed E-state index contributed by atoms with van der Waals surface area (Å²) in [5, 5.41) is 17.5. The maximum absolute atomic E-state index is 12.4. The average molecular weight is 281 g/mol. The summed E-state index contributed by atoms with van der Waals surface area (Å²) >= 11 is 0. The first-order valence-electron chi connectivity index (χ1n) is 7.06. The summed E-state index contributed by atoms with van der Waals surface area (Å²) in [7, 11) is 0. The monoisotopic (exact) mass is 281 g/mol. The van der Waals surface area contributed by atoms with Crippen LogP contribution in [0.15, 0.2) is 0 Å². The number of hydrogen-bond donors (Lipinski definition) is 1. The van der Waals surface area contributed by atoms with Gasteiger partial charge in [0.05, 0.1) is 12.5 Å². The fourth-order valence-electron chi connectivity index (χ4n) is 2.51. The van der Waals surface area contributed by atoms with Crippen LogP contribution >= 0.6 is 0 Å². The van der Waals surface area contributed by atoms with Gasteiger partial charge in [-0.25, -0.2) is 4.79 Å². The van der Waals surface area contributed by atoms with Gasteiger partial charge in [0.25, 0.3) is 0 Å². The second-order valence-corrected chi connectivity index (χ2v) is 5.73. The highest BCUT2D eigenvalue weighted by Crippen LogP contribution is 2.21. The molecule has 2 amide bonds. The van der Waals surface area contributed by atoms with Crippen LogP contribution in [0.4, 0.5) is 4.79 Å². The lowest BCUT2D eigenvalue weighted by molar-refractivity contribution is -0.138. The van der Waals surface area contributed by atoms with Crippen molar-refractivity contribution in [3.63, 3.8) is 0 Å². The molecule has 20 heavy (non-hydrogen) atoms. The number of urea groups is 1. The van der Waals surface area contributed by atoms with Crippen molar-refractivity contribution in [1.29, 1.82) is 5.26 Å². The molecule has 1 atom stereocenters. The second kappa shape index (κ2) is 7.73.